The number of hydrogen-bond donors (Lipinski definition) is 0. The second-order valence-corrected chi connectivity index (χ2v) is 8.76. The lowest BCUT2D eigenvalue weighted by Gasteiger charge is -2.39. The Kier molecular flexibility index (Phi) is 7.58. The minimum atomic E-state index is -0.158. The Morgan fingerprint density at radius 3 is 1.87 bits per heavy atom. The largest absolute Gasteiger partial charge is 0.491 e. The third-order valence-corrected chi connectivity index (χ3v) is 6.67. The van der Waals surface area contributed by atoms with Crippen LogP contribution in [0.25, 0.3) is 0 Å². The van der Waals surface area contributed by atoms with Crippen LogP contribution < -0.4 is 9.47 Å². The van der Waals surface area contributed by atoms with Gasteiger partial charge in [-0.3, -0.25) is 4.79 Å². The predicted molar refractivity (Wildman–Crippen MR) is 122 cm³/mol. The van der Waals surface area contributed by atoms with E-state index >= 15 is 0 Å². The Hall–Kier alpha value is -2.29. The molecule has 2 unspecified atom stereocenters. The Bertz CT molecular complexity index is 801. The van der Waals surface area contributed by atoms with Gasteiger partial charge in [-0.05, 0) is 68.0 Å². The number of ether oxygens (including phenoxy) is 2. The second kappa shape index (κ2) is 10.1. The molecule has 1 aliphatic rings. The van der Waals surface area contributed by atoms with Gasteiger partial charge in [0, 0.05) is 5.41 Å². The summed E-state index contributed by atoms with van der Waals surface area (Å²) in [6.07, 6.45) is 8.06. The Morgan fingerprint density at radius 2 is 1.37 bits per heavy atom. The highest BCUT2D eigenvalue weighted by Gasteiger charge is 2.35. The molecular weight excluding hydrogens is 372 g/mol. The maximum Gasteiger partial charge on any atom is 0.314 e. The van der Waals surface area contributed by atoms with Crippen molar-refractivity contribution >= 4 is 5.97 Å². The van der Waals surface area contributed by atoms with Gasteiger partial charge in [0.25, 0.3) is 0 Å². The van der Waals surface area contributed by atoms with Gasteiger partial charge in [0.05, 0.1) is 12.0 Å². The fourth-order valence-corrected chi connectivity index (χ4v) is 4.29. The molecular formula is C27H36O3. The highest BCUT2D eigenvalue weighted by atomic mass is 16.5. The number of hydrogen-bond acceptors (Lipinski definition) is 3. The minimum absolute atomic E-state index is 0.0202. The predicted octanol–water partition coefficient (Wildman–Crippen LogP) is 7.07. The lowest BCUT2D eigenvalue weighted by molar-refractivity contribution is -0.138. The molecule has 1 saturated carbocycles. The molecule has 2 atom stereocenters. The first-order chi connectivity index (χ1) is 14.5. The Labute approximate surface area is 181 Å². The van der Waals surface area contributed by atoms with E-state index in [9.17, 15) is 4.79 Å². The van der Waals surface area contributed by atoms with Crippen molar-refractivity contribution in [1.82, 2.24) is 0 Å². The van der Waals surface area contributed by atoms with Crippen LogP contribution in [0.15, 0.2) is 48.5 Å². The van der Waals surface area contributed by atoms with E-state index in [2.05, 4.69) is 50.2 Å². The van der Waals surface area contributed by atoms with E-state index < -0.39 is 0 Å². The standard InChI is InChI=1S/C27H36O3/c1-5-20(3)26(28)30-25-16-12-23(13-17-25)27(18-8-7-9-19-27)22-10-14-24(15-11-22)29-21(4)6-2/h10-17,20-21H,5-9,18-19H2,1-4H3. The average molecular weight is 409 g/mol. The van der Waals surface area contributed by atoms with Gasteiger partial charge < -0.3 is 9.47 Å². The SMILES string of the molecule is CCC(C)Oc1ccc(C2(c3ccc(OC(=O)C(C)CC)cc3)CCCCC2)cc1. The van der Waals surface area contributed by atoms with E-state index in [0.717, 1.165) is 31.4 Å². The third kappa shape index (κ3) is 5.06. The molecule has 0 amide bonds. The van der Waals surface area contributed by atoms with Gasteiger partial charge in [-0.15, -0.1) is 0 Å². The van der Waals surface area contributed by atoms with E-state index in [4.69, 9.17) is 9.47 Å². The van der Waals surface area contributed by atoms with E-state index in [-0.39, 0.29) is 23.4 Å². The Balaban J connectivity index is 1.84. The van der Waals surface area contributed by atoms with Crippen molar-refractivity contribution in [3.63, 3.8) is 0 Å². The van der Waals surface area contributed by atoms with Gasteiger partial charge >= 0.3 is 5.97 Å². The highest BCUT2D eigenvalue weighted by molar-refractivity contribution is 5.74. The summed E-state index contributed by atoms with van der Waals surface area (Å²) >= 11 is 0. The molecule has 2 aromatic rings. The molecule has 0 N–H and O–H groups in total. The molecule has 1 aliphatic carbocycles. The van der Waals surface area contributed by atoms with Crippen LogP contribution in [0, 0.1) is 5.92 Å². The van der Waals surface area contributed by atoms with Gasteiger partial charge in [-0.25, -0.2) is 0 Å². The molecule has 3 rings (SSSR count). The van der Waals surface area contributed by atoms with E-state index in [1.807, 2.05) is 26.0 Å². The van der Waals surface area contributed by atoms with E-state index in [1.165, 1.54) is 30.4 Å². The lowest BCUT2D eigenvalue weighted by atomic mass is 9.65. The zero-order chi connectivity index (χ0) is 21.6. The molecule has 162 valence electrons. The highest BCUT2D eigenvalue weighted by Crippen LogP contribution is 2.45. The monoisotopic (exact) mass is 408 g/mol. The molecule has 2 aromatic carbocycles. The van der Waals surface area contributed by atoms with Crippen molar-refractivity contribution in [3.05, 3.63) is 59.7 Å². The Morgan fingerprint density at radius 1 is 0.833 bits per heavy atom. The normalized spacial score (nSPS) is 17.7. The van der Waals surface area contributed by atoms with Crippen LogP contribution in [0.4, 0.5) is 0 Å². The lowest BCUT2D eigenvalue weighted by Crippen LogP contribution is -2.30. The van der Waals surface area contributed by atoms with Gasteiger partial charge in [0.2, 0.25) is 0 Å². The molecule has 0 aromatic heterocycles. The van der Waals surface area contributed by atoms with Gasteiger partial charge in [0.1, 0.15) is 11.5 Å². The summed E-state index contributed by atoms with van der Waals surface area (Å²) in [7, 11) is 0. The fourth-order valence-electron chi connectivity index (χ4n) is 4.29. The van der Waals surface area contributed by atoms with E-state index in [1.54, 1.807) is 0 Å². The molecule has 3 nitrogen and oxygen atoms in total. The summed E-state index contributed by atoms with van der Waals surface area (Å²) in [5.41, 5.74) is 2.68. The maximum absolute atomic E-state index is 12.1. The first-order valence-corrected chi connectivity index (χ1v) is 11.6. The second-order valence-electron chi connectivity index (χ2n) is 8.76. The summed E-state index contributed by atoms with van der Waals surface area (Å²) in [4.78, 5) is 12.1. The smallest absolute Gasteiger partial charge is 0.314 e. The zero-order valence-electron chi connectivity index (χ0n) is 18.9. The fraction of sp³-hybridized carbons (Fsp3) is 0.519. The van der Waals surface area contributed by atoms with Crippen LogP contribution in [0.1, 0.15) is 83.8 Å². The first kappa shape index (κ1) is 22.4. The molecule has 0 spiro atoms. The van der Waals surface area contributed by atoms with Gasteiger partial charge in [-0.2, -0.15) is 0 Å². The first-order valence-electron chi connectivity index (χ1n) is 11.6. The quantitative estimate of drug-likeness (QED) is 0.346. The van der Waals surface area contributed by atoms with Gasteiger partial charge in [0.15, 0.2) is 0 Å². The van der Waals surface area contributed by atoms with Crippen LogP contribution in [0.5, 0.6) is 11.5 Å². The van der Waals surface area contributed by atoms with Crippen molar-refractivity contribution < 1.29 is 14.3 Å². The topological polar surface area (TPSA) is 35.5 Å². The molecule has 0 radical (unpaired) electrons. The average Bonchev–Trinajstić information content (AvgIpc) is 2.79. The molecule has 3 heteroatoms. The summed E-state index contributed by atoms with van der Waals surface area (Å²) in [6.45, 7) is 8.15. The summed E-state index contributed by atoms with van der Waals surface area (Å²) in [5, 5.41) is 0. The molecule has 30 heavy (non-hydrogen) atoms. The van der Waals surface area contributed by atoms with Crippen LogP contribution in [0.2, 0.25) is 0 Å². The number of benzene rings is 2. The van der Waals surface area contributed by atoms with Crippen LogP contribution in [-0.2, 0) is 10.2 Å². The number of carbonyl (C=O) groups is 1. The maximum atomic E-state index is 12.1. The van der Waals surface area contributed by atoms with Gasteiger partial charge in [-0.1, -0.05) is 64.3 Å². The van der Waals surface area contributed by atoms with Crippen LogP contribution in [-0.4, -0.2) is 12.1 Å². The van der Waals surface area contributed by atoms with Crippen LogP contribution in [0.3, 0.4) is 0 Å². The van der Waals surface area contributed by atoms with Crippen molar-refractivity contribution in [3.8, 4) is 11.5 Å². The third-order valence-electron chi connectivity index (χ3n) is 6.67. The number of carbonyl (C=O) groups excluding carboxylic acids is 1. The summed E-state index contributed by atoms with van der Waals surface area (Å²) < 4.78 is 11.5. The van der Waals surface area contributed by atoms with E-state index in [0.29, 0.717) is 5.75 Å². The van der Waals surface area contributed by atoms with Crippen molar-refractivity contribution in [2.45, 2.75) is 84.2 Å². The minimum Gasteiger partial charge on any atom is -0.491 e. The van der Waals surface area contributed by atoms with Crippen molar-refractivity contribution in [2.75, 3.05) is 0 Å². The molecule has 0 heterocycles. The summed E-state index contributed by atoms with van der Waals surface area (Å²) in [6, 6.07) is 16.9. The molecule has 0 bridgehead atoms. The number of rotatable bonds is 8. The molecule has 0 saturated heterocycles. The van der Waals surface area contributed by atoms with Crippen molar-refractivity contribution in [1.29, 1.82) is 0 Å². The number of esters is 1. The summed E-state index contributed by atoms with van der Waals surface area (Å²) in [5.74, 6) is 1.33. The van der Waals surface area contributed by atoms with Crippen LogP contribution >= 0.6 is 0 Å². The zero-order valence-corrected chi connectivity index (χ0v) is 18.9. The molecule has 0 aliphatic heterocycles. The molecule has 1 fully saturated rings. The van der Waals surface area contributed by atoms with Crippen molar-refractivity contribution in [2.24, 2.45) is 5.92 Å².